The maximum atomic E-state index is 12.7. The van der Waals surface area contributed by atoms with Gasteiger partial charge in [0.2, 0.25) is 10.0 Å². The Kier molecular flexibility index (Phi) is 6.73. The van der Waals surface area contributed by atoms with Crippen molar-refractivity contribution in [3.63, 3.8) is 0 Å². The maximum absolute atomic E-state index is 12.7. The summed E-state index contributed by atoms with van der Waals surface area (Å²) < 4.78 is 32.1. The van der Waals surface area contributed by atoms with E-state index in [4.69, 9.17) is 4.74 Å². The van der Waals surface area contributed by atoms with E-state index in [1.807, 2.05) is 19.9 Å². The minimum absolute atomic E-state index is 0.186. The molecule has 0 saturated carbocycles. The molecule has 0 aliphatic rings. The van der Waals surface area contributed by atoms with E-state index >= 15 is 0 Å². The summed E-state index contributed by atoms with van der Waals surface area (Å²) in [5.41, 5.74) is 0.306. The molecule has 134 valence electrons. The fourth-order valence-electron chi connectivity index (χ4n) is 2.42. The molecule has 0 unspecified atom stereocenters. The smallest absolute Gasteiger partial charge is 0.343 e. The molecule has 2 aromatic carbocycles. The Balaban J connectivity index is 2.16. The van der Waals surface area contributed by atoms with Crippen molar-refractivity contribution >= 4 is 16.0 Å². The molecule has 2 aromatic rings. The SMILES string of the molecule is CCCN(CCC)S(=O)(=O)c1ccc(C(=O)Oc2ccccc2)cc1. The maximum Gasteiger partial charge on any atom is 0.343 e. The molecule has 0 saturated heterocycles. The Morgan fingerprint density at radius 3 is 2.00 bits per heavy atom. The fourth-order valence-corrected chi connectivity index (χ4v) is 4.04. The van der Waals surface area contributed by atoms with Gasteiger partial charge in [-0.3, -0.25) is 0 Å². The van der Waals surface area contributed by atoms with Gasteiger partial charge in [-0.15, -0.1) is 0 Å². The molecule has 0 N–H and O–H groups in total. The Morgan fingerprint density at radius 2 is 1.48 bits per heavy atom. The number of carbonyl (C=O) groups excluding carboxylic acids is 1. The lowest BCUT2D eigenvalue weighted by Gasteiger charge is -2.21. The van der Waals surface area contributed by atoms with Gasteiger partial charge in [0.25, 0.3) is 0 Å². The van der Waals surface area contributed by atoms with Gasteiger partial charge in [-0.2, -0.15) is 4.31 Å². The summed E-state index contributed by atoms with van der Waals surface area (Å²) in [7, 11) is -3.55. The molecule has 0 aliphatic carbocycles. The van der Waals surface area contributed by atoms with Gasteiger partial charge in [0, 0.05) is 13.1 Å². The third-order valence-corrected chi connectivity index (χ3v) is 5.54. The quantitative estimate of drug-likeness (QED) is 0.531. The van der Waals surface area contributed by atoms with Crippen LogP contribution in [-0.4, -0.2) is 31.8 Å². The molecular weight excluding hydrogens is 338 g/mol. The first-order valence-electron chi connectivity index (χ1n) is 8.36. The highest BCUT2D eigenvalue weighted by Gasteiger charge is 2.23. The lowest BCUT2D eigenvalue weighted by atomic mass is 10.2. The molecule has 0 aliphatic heterocycles. The summed E-state index contributed by atoms with van der Waals surface area (Å²) in [6.07, 6.45) is 1.50. The number of ether oxygens (including phenoxy) is 1. The lowest BCUT2D eigenvalue weighted by Crippen LogP contribution is -2.32. The van der Waals surface area contributed by atoms with Crippen LogP contribution in [0.4, 0.5) is 0 Å². The van der Waals surface area contributed by atoms with Crippen LogP contribution in [-0.2, 0) is 10.0 Å². The van der Waals surface area contributed by atoms with E-state index in [-0.39, 0.29) is 4.90 Å². The van der Waals surface area contributed by atoms with Crippen LogP contribution in [0.25, 0.3) is 0 Å². The van der Waals surface area contributed by atoms with Crippen molar-refractivity contribution < 1.29 is 17.9 Å². The minimum atomic E-state index is -3.55. The highest BCUT2D eigenvalue weighted by molar-refractivity contribution is 7.89. The number of carbonyl (C=O) groups is 1. The topological polar surface area (TPSA) is 63.7 Å². The van der Waals surface area contributed by atoms with Crippen LogP contribution in [0.3, 0.4) is 0 Å². The Hall–Kier alpha value is -2.18. The third-order valence-electron chi connectivity index (χ3n) is 3.63. The minimum Gasteiger partial charge on any atom is -0.423 e. The van der Waals surface area contributed by atoms with E-state index in [0.717, 1.165) is 12.8 Å². The van der Waals surface area contributed by atoms with Crippen molar-refractivity contribution in [3.05, 3.63) is 60.2 Å². The van der Waals surface area contributed by atoms with Crippen LogP contribution in [0.1, 0.15) is 37.0 Å². The van der Waals surface area contributed by atoms with Crippen LogP contribution >= 0.6 is 0 Å². The van der Waals surface area contributed by atoms with Crippen molar-refractivity contribution in [2.24, 2.45) is 0 Å². The van der Waals surface area contributed by atoms with Gasteiger partial charge in [-0.05, 0) is 49.2 Å². The molecule has 0 amide bonds. The Labute approximate surface area is 149 Å². The number of sulfonamides is 1. The molecule has 5 nitrogen and oxygen atoms in total. The highest BCUT2D eigenvalue weighted by Crippen LogP contribution is 2.18. The first kappa shape index (κ1) is 19.1. The molecule has 0 bridgehead atoms. The van der Waals surface area contributed by atoms with Gasteiger partial charge in [0.1, 0.15) is 5.75 Å². The van der Waals surface area contributed by atoms with E-state index in [0.29, 0.717) is 24.4 Å². The van der Waals surface area contributed by atoms with Crippen molar-refractivity contribution in [3.8, 4) is 5.75 Å². The molecule has 0 heterocycles. The zero-order valence-corrected chi connectivity index (χ0v) is 15.3. The zero-order valence-electron chi connectivity index (χ0n) is 14.5. The summed E-state index contributed by atoms with van der Waals surface area (Å²) in [6.45, 7) is 4.85. The van der Waals surface area contributed by atoms with Gasteiger partial charge >= 0.3 is 5.97 Å². The second-order valence-electron chi connectivity index (χ2n) is 5.63. The monoisotopic (exact) mass is 361 g/mol. The highest BCUT2D eigenvalue weighted by atomic mass is 32.2. The Bertz CT molecular complexity index is 780. The first-order valence-corrected chi connectivity index (χ1v) is 9.80. The average Bonchev–Trinajstić information content (AvgIpc) is 2.62. The second kappa shape index (κ2) is 8.78. The molecule has 0 atom stereocenters. The number of nitrogens with zero attached hydrogens (tertiary/aromatic N) is 1. The van der Waals surface area contributed by atoms with E-state index in [1.165, 1.54) is 28.6 Å². The van der Waals surface area contributed by atoms with Crippen molar-refractivity contribution in [2.75, 3.05) is 13.1 Å². The molecule has 0 spiro atoms. The summed E-state index contributed by atoms with van der Waals surface area (Å²) in [6, 6.07) is 14.6. The van der Waals surface area contributed by atoms with Gasteiger partial charge < -0.3 is 4.74 Å². The average molecular weight is 361 g/mol. The van der Waals surface area contributed by atoms with E-state index in [2.05, 4.69) is 0 Å². The van der Waals surface area contributed by atoms with Gasteiger partial charge in [-0.1, -0.05) is 32.0 Å². The van der Waals surface area contributed by atoms with Crippen LogP contribution in [0.2, 0.25) is 0 Å². The lowest BCUT2D eigenvalue weighted by molar-refractivity contribution is 0.0734. The van der Waals surface area contributed by atoms with Crippen LogP contribution in [0.15, 0.2) is 59.5 Å². The van der Waals surface area contributed by atoms with Crippen molar-refractivity contribution in [1.82, 2.24) is 4.31 Å². The third kappa shape index (κ3) is 4.90. The zero-order chi connectivity index (χ0) is 18.3. The molecule has 6 heteroatoms. The number of rotatable bonds is 8. The van der Waals surface area contributed by atoms with Crippen molar-refractivity contribution in [2.45, 2.75) is 31.6 Å². The normalized spacial score (nSPS) is 11.5. The molecule has 0 radical (unpaired) electrons. The van der Waals surface area contributed by atoms with E-state index in [1.54, 1.807) is 24.3 Å². The van der Waals surface area contributed by atoms with Gasteiger partial charge in [0.15, 0.2) is 0 Å². The van der Waals surface area contributed by atoms with Gasteiger partial charge in [-0.25, -0.2) is 13.2 Å². The van der Waals surface area contributed by atoms with E-state index in [9.17, 15) is 13.2 Å². The molecule has 25 heavy (non-hydrogen) atoms. The van der Waals surface area contributed by atoms with E-state index < -0.39 is 16.0 Å². The van der Waals surface area contributed by atoms with Crippen LogP contribution in [0, 0.1) is 0 Å². The number of benzene rings is 2. The predicted octanol–water partition coefficient (Wildman–Crippen LogP) is 3.72. The first-order chi connectivity index (χ1) is 12.0. The number of hydrogen-bond donors (Lipinski definition) is 0. The molecule has 0 aromatic heterocycles. The van der Waals surface area contributed by atoms with Gasteiger partial charge in [0.05, 0.1) is 10.5 Å². The van der Waals surface area contributed by atoms with Crippen molar-refractivity contribution in [1.29, 1.82) is 0 Å². The molecule has 0 fully saturated rings. The second-order valence-corrected chi connectivity index (χ2v) is 7.57. The number of esters is 1. The predicted molar refractivity (Wildman–Crippen MR) is 97.2 cm³/mol. The summed E-state index contributed by atoms with van der Waals surface area (Å²) >= 11 is 0. The van der Waals surface area contributed by atoms with Crippen LogP contribution in [0.5, 0.6) is 5.75 Å². The number of hydrogen-bond acceptors (Lipinski definition) is 4. The largest absolute Gasteiger partial charge is 0.423 e. The summed E-state index contributed by atoms with van der Waals surface area (Å²) in [4.78, 5) is 12.3. The number of para-hydroxylation sites is 1. The molecular formula is C19H23NO4S. The standard InChI is InChI=1S/C19H23NO4S/c1-3-14-20(15-4-2)25(22,23)18-12-10-16(11-13-18)19(21)24-17-8-6-5-7-9-17/h5-13H,3-4,14-15H2,1-2H3. The molecule has 2 rings (SSSR count). The van der Waals surface area contributed by atoms with Crippen LogP contribution < -0.4 is 4.74 Å². The summed E-state index contributed by atoms with van der Waals surface area (Å²) in [5.74, 6) is -0.0737. The Morgan fingerprint density at radius 1 is 0.920 bits per heavy atom. The summed E-state index contributed by atoms with van der Waals surface area (Å²) in [5, 5.41) is 0. The fraction of sp³-hybridized carbons (Fsp3) is 0.316.